The molecule has 1 aliphatic heterocycles. The molecule has 1 heterocycles. The zero-order valence-corrected chi connectivity index (χ0v) is 3.13. The van der Waals surface area contributed by atoms with Gasteiger partial charge < -0.3 is 9.57 Å². The van der Waals surface area contributed by atoms with Gasteiger partial charge in [0.25, 0.3) is 0 Å². The van der Waals surface area contributed by atoms with E-state index >= 15 is 0 Å². The van der Waals surface area contributed by atoms with E-state index in [0.717, 1.165) is 0 Å². The van der Waals surface area contributed by atoms with Crippen LogP contribution >= 0.6 is 0 Å². The molecule has 3 heteroatoms. The molecule has 1 rings (SSSR count). The summed E-state index contributed by atoms with van der Waals surface area (Å²) in [5, 5.41) is 3.30. The Morgan fingerprint density at radius 2 is 2.67 bits per heavy atom. The zero-order valence-electron chi connectivity index (χ0n) is 3.13. The van der Waals surface area contributed by atoms with Gasteiger partial charge in [0.05, 0.1) is 0 Å². The molecule has 0 amide bonds. The highest BCUT2D eigenvalue weighted by Gasteiger charge is 1.89. The Bertz CT molecular complexity index is 53.8. The molecule has 0 fully saturated rings. The molecule has 0 bridgehead atoms. The van der Waals surface area contributed by atoms with Gasteiger partial charge in [0, 0.05) is 0 Å². The Kier molecular flexibility index (Phi) is 0.948. The molecule has 0 aromatic carbocycles. The third-order valence-corrected chi connectivity index (χ3v) is 0.417. The van der Waals surface area contributed by atoms with Crippen LogP contribution in [0.25, 0.3) is 0 Å². The Morgan fingerprint density at radius 3 is 2.83 bits per heavy atom. The van der Waals surface area contributed by atoms with Crippen molar-refractivity contribution in [3.63, 3.8) is 0 Å². The van der Waals surface area contributed by atoms with Crippen LogP contribution in [0.1, 0.15) is 0 Å². The van der Waals surface area contributed by atoms with E-state index in [4.69, 9.17) is 0 Å². The van der Waals surface area contributed by atoms with Crippen LogP contribution < -0.4 is 0 Å². The summed E-state index contributed by atoms with van der Waals surface area (Å²) < 4.78 is 4.53. The van der Waals surface area contributed by atoms with Crippen molar-refractivity contribution < 1.29 is 9.57 Å². The lowest BCUT2D eigenvalue weighted by Gasteiger charge is -2.01. The highest BCUT2D eigenvalue weighted by molar-refractivity contribution is 5.46. The van der Waals surface area contributed by atoms with Crippen molar-refractivity contribution in [3.8, 4) is 0 Å². The van der Waals surface area contributed by atoms with E-state index in [9.17, 15) is 0 Å². The Balaban J connectivity index is 2.26. The fourth-order valence-electron chi connectivity index (χ4n) is 0.211. The number of nitrogens with zero attached hydrogens (tertiary/aromatic N) is 1. The predicted octanol–water partition coefficient (Wildman–Crippen LogP) is 0.138. The van der Waals surface area contributed by atoms with Crippen molar-refractivity contribution >= 4 is 6.40 Å². The average Bonchev–Trinajstić information content (AvgIpc) is 1.72. The van der Waals surface area contributed by atoms with Gasteiger partial charge in [-0.25, -0.2) is 0 Å². The summed E-state index contributed by atoms with van der Waals surface area (Å²) in [7, 11) is 0. The normalized spacial score (nSPS) is 18.7. The maximum Gasteiger partial charge on any atom is 0.212 e. The standard InChI is InChI=1S/C3H4NO2/c1-2-6-4-3-5-1/h1,3H,2H2. The Morgan fingerprint density at radius 1 is 1.67 bits per heavy atom. The van der Waals surface area contributed by atoms with Crippen molar-refractivity contribution in [1.29, 1.82) is 0 Å². The van der Waals surface area contributed by atoms with E-state index in [0.29, 0.717) is 6.61 Å². The monoisotopic (exact) mass is 86.0 g/mol. The summed E-state index contributed by atoms with van der Waals surface area (Å²) in [4.78, 5) is 4.46. The van der Waals surface area contributed by atoms with Crippen LogP contribution in [-0.2, 0) is 9.57 Å². The van der Waals surface area contributed by atoms with Crippen LogP contribution in [0.3, 0.4) is 0 Å². The van der Waals surface area contributed by atoms with Gasteiger partial charge in [-0.15, -0.1) is 0 Å². The van der Waals surface area contributed by atoms with Crippen molar-refractivity contribution in [2.45, 2.75) is 0 Å². The minimum Gasteiger partial charge on any atom is -0.470 e. The van der Waals surface area contributed by atoms with Gasteiger partial charge in [0.15, 0.2) is 13.2 Å². The van der Waals surface area contributed by atoms with Crippen LogP contribution in [-0.4, -0.2) is 13.0 Å². The minimum absolute atomic E-state index is 0.455. The first-order chi connectivity index (χ1) is 3.00. The van der Waals surface area contributed by atoms with Gasteiger partial charge in [-0.1, -0.05) is 5.16 Å². The zero-order chi connectivity index (χ0) is 4.24. The molecule has 1 radical (unpaired) electrons. The minimum atomic E-state index is 0.455. The molecule has 0 aromatic rings. The highest BCUT2D eigenvalue weighted by Crippen LogP contribution is 1.87. The summed E-state index contributed by atoms with van der Waals surface area (Å²) in [5.41, 5.74) is 0. The lowest BCUT2D eigenvalue weighted by molar-refractivity contribution is 0.105. The lowest BCUT2D eigenvalue weighted by Crippen LogP contribution is -1.98. The van der Waals surface area contributed by atoms with E-state index < -0.39 is 0 Å². The second-order valence-electron chi connectivity index (χ2n) is 0.809. The fraction of sp³-hybridized carbons (Fsp3) is 0.333. The molecule has 0 saturated heterocycles. The van der Waals surface area contributed by atoms with Gasteiger partial charge in [0.1, 0.15) is 0 Å². The van der Waals surface area contributed by atoms with Crippen molar-refractivity contribution in [3.05, 3.63) is 6.61 Å². The smallest absolute Gasteiger partial charge is 0.212 e. The summed E-state index contributed by atoms with van der Waals surface area (Å²) in [6.07, 6.45) is 1.24. The predicted molar refractivity (Wildman–Crippen MR) is 19.8 cm³/mol. The Hall–Kier alpha value is -0.730. The number of hydrogen-bond acceptors (Lipinski definition) is 3. The highest BCUT2D eigenvalue weighted by atomic mass is 16.7. The quantitative estimate of drug-likeness (QED) is 0.419. The first kappa shape index (κ1) is 3.46. The van der Waals surface area contributed by atoms with Crippen LogP contribution in [0.5, 0.6) is 0 Å². The SMILES string of the molecule is [CH]1CON=CO1. The molecule has 0 spiro atoms. The van der Waals surface area contributed by atoms with E-state index in [-0.39, 0.29) is 0 Å². The molecular formula is C3H4NO2. The first-order valence-electron chi connectivity index (χ1n) is 1.61. The topological polar surface area (TPSA) is 30.8 Å². The van der Waals surface area contributed by atoms with E-state index in [1.807, 2.05) is 0 Å². The molecule has 0 aromatic heterocycles. The Labute approximate surface area is 35.5 Å². The van der Waals surface area contributed by atoms with Crippen molar-refractivity contribution in [2.75, 3.05) is 6.61 Å². The molecule has 6 heavy (non-hydrogen) atoms. The fourth-order valence-corrected chi connectivity index (χ4v) is 0.211. The molecule has 3 nitrogen and oxygen atoms in total. The molecule has 1 aliphatic rings. The van der Waals surface area contributed by atoms with Gasteiger partial charge in [-0.05, 0) is 0 Å². The summed E-state index contributed by atoms with van der Waals surface area (Å²) >= 11 is 0. The van der Waals surface area contributed by atoms with Gasteiger partial charge in [-0.3, -0.25) is 0 Å². The lowest BCUT2D eigenvalue weighted by atomic mass is 10.8. The maximum absolute atomic E-state index is 4.53. The molecule has 0 N–H and O–H groups in total. The number of rotatable bonds is 0. The van der Waals surface area contributed by atoms with E-state index in [1.165, 1.54) is 13.0 Å². The van der Waals surface area contributed by atoms with Crippen LogP contribution in [0, 0.1) is 6.61 Å². The van der Waals surface area contributed by atoms with Crippen molar-refractivity contribution in [2.24, 2.45) is 5.16 Å². The third kappa shape index (κ3) is 0.607. The average molecular weight is 86.1 g/mol. The van der Waals surface area contributed by atoms with Gasteiger partial charge >= 0.3 is 0 Å². The molecule has 0 unspecified atom stereocenters. The van der Waals surface area contributed by atoms with Crippen LogP contribution in [0.4, 0.5) is 0 Å². The molecule has 0 aliphatic carbocycles. The molecule has 0 atom stereocenters. The number of hydrogen-bond donors (Lipinski definition) is 0. The number of oxime groups is 1. The molecule has 0 saturated carbocycles. The third-order valence-electron chi connectivity index (χ3n) is 0.417. The van der Waals surface area contributed by atoms with Gasteiger partial charge in [0.2, 0.25) is 6.40 Å². The van der Waals surface area contributed by atoms with Gasteiger partial charge in [-0.2, -0.15) is 0 Å². The largest absolute Gasteiger partial charge is 0.470 e. The maximum atomic E-state index is 4.53. The number of ether oxygens (including phenoxy) is 1. The van der Waals surface area contributed by atoms with Crippen LogP contribution in [0.15, 0.2) is 5.16 Å². The van der Waals surface area contributed by atoms with E-state index in [2.05, 4.69) is 14.7 Å². The second kappa shape index (κ2) is 1.64. The van der Waals surface area contributed by atoms with Crippen molar-refractivity contribution in [1.82, 2.24) is 0 Å². The summed E-state index contributed by atoms with van der Waals surface area (Å²) in [5.74, 6) is 0. The first-order valence-corrected chi connectivity index (χ1v) is 1.61. The summed E-state index contributed by atoms with van der Waals surface area (Å²) in [6, 6.07) is 0. The second-order valence-corrected chi connectivity index (χ2v) is 0.809. The van der Waals surface area contributed by atoms with Crippen LogP contribution in [0.2, 0.25) is 0 Å². The summed E-state index contributed by atoms with van der Waals surface area (Å²) in [6.45, 7) is 1.98. The van der Waals surface area contributed by atoms with E-state index in [1.54, 1.807) is 0 Å². The molecule has 33 valence electrons. The molecular weight excluding hydrogens is 82.0 g/mol.